The topological polar surface area (TPSA) is 20.2 Å². The number of hydrogen-bond donors (Lipinski definition) is 1. The predicted molar refractivity (Wildman–Crippen MR) is 26.5 cm³/mol. The van der Waals surface area contributed by atoms with E-state index < -0.39 is 6.58 Å². The standard InChI is InChI=1S/C5H10O/c1-5(2)3-4-6/h3,6H,4H2,1-2H3/i4D/t4-/m1/s1. The zero-order chi connectivity index (χ0) is 5.86. The maximum Gasteiger partial charge on any atom is 0.0614 e. The van der Waals surface area contributed by atoms with Gasteiger partial charge in [0.1, 0.15) is 0 Å². The molecule has 1 nitrogen and oxygen atoms in total. The second-order valence-electron chi connectivity index (χ2n) is 1.39. The highest BCUT2D eigenvalue weighted by Crippen LogP contribution is 1.83. The van der Waals surface area contributed by atoms with Crippen molar-refractivity contribution in [3.8, 4) is 0 Å². The van der Waals surface area contributed by atoms with E-state index in [-0.39, 0.29) is 0 Å². The third kappa shape index (κ3) is 3.70. The third-order valence-electron chi connectivity index (χ3n) is 0.408. The van der Waals surface area contributed by atoms with E-state index in [4.69, 9.17) is 6.48 Å². The van der Waals surface area contributed by atoms with E-state index in [1.165, 1.54) is 6.08 Å². The second-order valence-corrected chi connectivity index (χ2v) is 1.39. The molecule has 0 aliphatic rings. The van der Waals surface area contributed by atoms with Gasteiger partial charge in [-0.3, -0.25) is 0 Å². The molecule has 1 N–H and O–H groups in total. The average Bonchev–Trinajstić information content (AvgIpc) is 1.27. The maximum absolute atomic E-state index is 8.31. The van der Waals surface area contributed by atoms with Gasteiger partial charge in [-0.25, -0.2) is 0 Å². The third-order valence-corrected chi connectivity index (χ3v) is 0.408. The highest BCUT2D eigenvalue weighted by molar-refractivity contribution is 4.91. The van der Waals surface area contributed by atoms with Crippen molar-refractivity contribution in [2.45, 2.75) is 13.8 Å². The summed E-state index contributed by atoms with van der Waals surface area (Å²) in [5.74, 6) is 0. The molecule has 1 heteroatoms. The fraction of sp³-hybridized carbons (Fsp3) is 0.600. The molecule has 0 aliphatic carbocycles. The van der Waals surface area contributed by atoms with E-state index in [1.54, 1.807) is 0 Å². The molecule has 0 saturated carbocycles. The molecule has 6 heavy (non-hydrogen) atoms. The van der Waals surface area contributed by atoms with Crippen molar-refractivity contribution in [3.05, 3.63) is 11.6 Å². The number of allylic oxidation sites excluding steroid dienone is 1. The minimum Gasteiger partial charge on any atom is -0.392 e. The number of aliphatic hydroxyl groups is 1. The molecule has 0 bridgehead atoms. The molecule has 36 valence electrons. The first-order valence-electron chi connectivity index (χ1n) is 2.46. The molecule has 0 saturated heterocycles. The molecular weight excluding hydrogens is 76.1 g/mol. The monoisotopic (exact) mass is 87.1 g/mol. The summed E-state index contributed by atoms with van der Waals surface area (Å²) in [5.41, 5.74) is 0.975. The molecule has 1 atom stereocenters. The SMILES string of the molecule is [2H][C@@H](O)C=C(C)C. The molecule has 0 spiro atoms. The van der Waals surface area contributed by atoms with Crippen LogP contribution in [0.1, 0.15) is 15.2 Å². The fourth-order valence-corrected chi connectivity index (χ4v) is 0.149. The summed E-state index contributed by atoms with van der Waals surface area (Å²) < 4.78 is 6.59. The highest BCUT2D eigenvalue weighted by atomic mass is 16.2. The van der Waals surface area contributed by atoms with Gasteiger partial charge >= 0.3 is 0 Å². The van der Waals surface area contributed by atoms with Gasteiger partial charge in [0.25, 0.3) is 0 Å². The van der Waals surface area contributed by atoms with Crippen LogP contribution in [-0.2, 0) is 0 Å². The molecule has 0 rings (SSSR count). The summed E-state index contributed by atoms with van der Waals surface area (Å²) in [6, 6.07) is 0. The summed E-state index contributed by atoms with van der Waals surface area (Å²) in [5, 5.41) is 8.31. The average molecular weight is 87.1 g/mol. The lowest BCUT2D eigenvalue weighted by Gasteiger charge is -1.80. The molecule has 0 radical (unpaired) electrons. The predicted octanol–water partition coefficient (Wildman–Crippen LogP) is 0.945. The Morgan fingerprint density at radius 2 is 2.50 bits per heavy atom. The Kier molecular flexibility index (Phi) is 1.88. The zero-order valence-electron chi connectivity index (χ0n) is 5.10. The van der Waals surface area contributed by atoms with Crippen molar-refractivity contribution in [1.82, 2.24) is 0 Å². The number of aliphatic hydroxyl groups excluding tert-OH is 1. The van der Waals surface area contributed by atoms with Gasteiger partial charge in [0.2, 0.25) is 0 Å². The molecule has 0 aromatic heterocycles. The van der Waals surface area contributed by atoms with Gasteiger partial charge in [0.15, 0.2) is 0 Å². The molecule has 0 amide bonds. The van der Waals surface area contributed by atoms with Crippen molar-refractivity contribution >= 4 is 0 Å². The molecule has 0 aromatic rings. The molecular formula is C5H10O. The van der Waals surface area contributed by atoms with Gasteiger partial charge in [-0.15, -0.1) is 0 Å². The molecule has 0 aromatic carbocycles. The lowest BCUT2D eigenvalue weighted by molar-refractivity contribution is 0.342. The largest absolute Gasteiger partial charge is 0.392 e. The van der Waals surface area contributed by atoms with E-state index >= 15 is 0 Å². The second kappa shape index (κ2) is 2.91. The van der Waals surface area contributed by atoms with Crippen LogP contribution >= 0.6 is 0 Å². The first-order chi connectivity index (χ1) is 3.13. The summed E-state index contributed by atoms with van der Waals surface area (Å²) in [6.45, 7) is 2.65. The minimum atomic E-state index is -1.04. The van der Waals surface area contributed by atoms with E-state index in [2.05, 4.69) is 0 Å². The Morgan fingerprint density at radius 1 is 2.00 bits per heavy atom. The Bertz CT molecular complexity index is 72.1. The van der Waals surface area contributed by atoms with Gasteiger partial charge in [-0.05, 0) is 13.8 Å². The van der Waals surface area contributed by atoms with Gasteiger partial charge in [-0.1, -0.05) is 11.6 Å². The maximum atomic E-state index is 8.31. The van der Waals surface area contributed by atoms with Crippen LogP contribution < -0.4 is 0 Å². The van der Waals surface area contributed by atoms with Crippen molar-refractivity contribution < 1.29 is 6.48 Å². The quantitative estimate of drug-likeness (QED) is 0.472. The van der Waals surface area contributed by atoms with Crippen molar-refractivity contribution in [2.24, 2.45) is 0 Å². The lowest BCUT2D eigenvalue weighted by atomic mass is 10.3. The lowest BCUT2D eigenvalue weighted by Crippen LogP contribution is -1.71. The summed E-state index contributed by atoms with van der Waals surface area (Å²) in [4.78, 5) is 0. The van der Waals surface area contributed by atoms with Crippen molar-refractivity contribution in [1.29, 1.82) is 0 Å². The summed E-state index contributed by atoms with van der Waals surface area (Å²) >= 11 is 0. The first-order valence-corrected chi connectivity index (χ1v) is 1.88. The smallest absolute Gasteiger partial charge is 0.0614 e. The normalized spacial score (nSPS) is 15.5. The van der Waals surface area contributed by atoms with Crippen LogP contribution in [0, 0.1) is 0 Å². The van der Waals surface area contributed by atoms with Crippen molar-refractivity contribution in [2.75, 3.05) is 6.58 Å². The number of rotatable bonds is 1. The van der Waals surface area contributed by atoms with Gasteiger partial charge in [0.05, 0.1) is 7.95 Å². The molecule has 0 aliphatic heterocycles. The number of hydrogen-bond acceptors (Lipinski definition) is 1. The van der Waals surface area contributed by atoms with Crippen LogP contribution in [0.15, 0.2) is 11.6 Å². The van der Waals surface area contributed by atoms with E-state index in [0.717, 1.165) is 5.57 Å². The van der Waals surface area contributed by atoms with Gasteiger partial charge < -0.3 is 5.11 Å². The first kappa shape index (κ1) is 3.88. The van der Waals surface area contributed by atoms with Crippen LogP contribution in [0.5, 0.6) is 0 Å². The van der Waals surface area contributed by atoms with Crippen LogP contribution in [0.2, 0.25) is 0 Å². The molecule has 0 fully saturated rings. The van der Waals surface area contributed by atoms with Gasteiger partial charge in [-0.2, -0.15) is 0 Å². The van der Waals surface area contributed by atoms with Crippen LogP contribution in [0.25, 0.3) is 0 Å². The zero-order valence-corrected chi connectivity index (χ0v) is 4.10. The Labute approximate surface area is 39.7 Å². The van der Waals surface area contributed by atoms with E-state index in [1.807, 2.05) is 13.8 Å². The van der Waals surface area contributed by atoms with Crippen LogP contribution in [-0.4, -0.2) is 11.7 Å². The van der Waals surface area contributed by atoms with Crippen molar-refractivity contribution in [3.63, 3.8) is 0 Å². The van der Waals surface area contributed by atoms with Gasteiger partial charge in [0, 0.05) is 0 Å². The Hall–Kier alpha value is -0.300. The Morgan fingerprint density at radius 3 is 2.50 bits per heavy atom. The summed E-state index contributed by atoms with van der Waals surface area (Å²) in [6.07, 6.45) is 1.47. The van der Waals surface area contributed by atoms with Crippen LogP contribution in [0.4, 0.5) is 0 Å². The van der Waals surface area contributed by atoms with E-state index in [9.17, 15) is 0 Å². The Balaban J connectivity index is 3.45. The van der Waals surface area contributed by atoms with E-state index in [0.29, 0.717) is 0 Å². The molecule has 0 unspecified atom stereocenters. The van der Waals surface area contributed by atoms with Crippen LogP contribution in [0.3, 0.4) is 0 Å². The minimum absolute atomic E-state index is 0.975. The highest BCUT2D eigenvalue weighted by Gasteiger charge is 1.68. The summed E-state index contributed by atoms with van der Waals surface area (Å²) in [7, 11) is 0. The molecule has 0 heterocycles. The fourth-order valence-electron chi connectivity index (χ4n) is 0.149.